The molecule has 0 saturated heterocycles. The summed E-state index contributed by atoms with van der Waals surface area (Å²) in [6.07, 6.45) is 7.08. The zero-order valence-electron chi connectivity index (χ0n) is 11.1. The van der Waals surface area contributed by atoms with Crippen LogP contribution in [-0.2, 0) is 0 Å². The fourth-order valence-corrected chi connectivity index (χ4v) is 2.81. The lowest BCUT2D eigenvalue weighted by molar-refractivity contribution is 0.189. The predicted molar refractivity (Wildman–Crippen MR) is 68.1 cm³/mol. The minimum Gasteiger partial charge on any atom is -0.316 e. The molecule has 0 aliphatic heterocycles. The summed E-state index contributed by atoms with van der Waals surface area (Å²) in [5.41, 5.74) is 0.576. The van der Waals surface area contributed by atoms with Crippen LogP contribution in [0.15, 0.2) is 0 Å². The SMILES string of the molecule is CCNCC(C)(CC(CC)CC)C1CC1. The van der Waals surface area contributed by atoms with Crippen LogP contribution in [0.4, 0.5) is 0 Å². The Bertz CT molecular complexity index is 170. The van der Waals surface area contributed by atoms with Crippen molar-refractivity contribution in [2.75, 3.05) is 13.1 Å². The number of rotatable bonds is 8. The van der Waals surface area contributed by atoms with Gasteiger partial charge in [0.15, 0.2) is 0 Å². The Hall–Kier alpha value is -0.0400. The van der Waals surface area contributed by atoms with Crippen molar-refractivity contribution in [2.24, 2.45) is 17.3 Å². The number of nitrogens with one attached hydrogen (secondary N) is 1. The average Bonchev–Trinajstić information content (AvgIpc) is 3.07. The van der Waals surface area contributed by atoms with Crippen LogP contribution in [0.3, 0.4) is 0 Å². The van der Waals surface area contributed by atoms with Gasteiger partial charge in [0.25, 0.3) is 0 Å². The standard InChI is InChI=1S/C14H29N/c1-5-12(6-2)10-14(4,11-15-7-3)13-8-9-13/h12-13,15H,5-11H2,1-4H3. The van der Waals surface area contributed by atoms with E-state index in [9.17, 15) is 0 Å². The van der Waals surface area contributed by atoms with Crippen molar-refractivity contribution >= 4 is 0 Å². The highest BCUT2D eigenvalue weighted by atomic mass is 14.9. The molecule has 0 radical (unpaired) electrons. The molecule has 0 aromatic carbocycles. The summed E-state index contributed by atoms with van der Waals surface area (Å²) in [6, 6.07) is 0. The third-order valence-corrected chi connectivity index (χ3v) is 4.25. The molecular formula is C14H29N. The molecule has 0 spiro atoms. The maximum Gasteiger partial charge on any atom is 0.000780 e. The lowest BCUT2D eigenvalue weighted by Gasteiger charge is -2.33. The number of hydrogen-bond acceptors (Lipinski definition) is 1. The fourth-order valence-electron chi connectivity index (χ4n) is 2.81. The van der Waals surface area contributed by atoms with Gasteiger partial charge >= 0.3 is 0 Å². The van der Waals surface area contributed by atoms with Gasteiger partial charge < -0.3 is 5.32 Å². The monoisotopic (exact) mass is 211 g/mol. The lowest BCUT2D eigenvalue weighted by atomic mass is 9.75. The molecule has 1 nitrogen and oxygen atoms in total. The van der Waals surface area contributed by atoms with Gasteiger partial charge in [0, 0.05) is 6.54 Å². The van der Waals surface area contributed by atoms with E-state index in [0.717, 1.165) is 18.4 Å². The predicted octanol–water partition coefficient (Wildman–Crippen LogP) is 3.84. The maximum atomic E-state index is 3.56. The molecule has 1 fully saturated rings. The van der Waals surface area contributed by atoms with E-state index in [1.54, 1.807) is 0 Å². The van der Waals surface area contributed by atoms with E-state index in [-0.39, 0.29) is 0 Å². The van der Waals surface area contributed by atoms with Gasteiger partial charge in [0.05, 0.1) is 0 Å². The van der Waals surface area contributed by atoms with Gasteiger partial charge in [0.1, 0.15) is 0 Å². The van der Waals surface area contributed by atoms with Crippen molar-refractivity contribution in [2.45, 2.75) is 59.8 Å². The molecule has 0 amide bonds. The van der Waals surface area contributed by atoms with Gasteiger partial charge in [-0.2, -0.15) is 0 Å². The Morgan fingerprint density at radius 2 is 1.80 bits per heavy atom. The van der Waals surface area contributed by atoms with E-state index in [1.165, 1.54) is 38.6 Å². The lowest BCUT2D eigenvalue weighted by Crippen LogP contribution is -2.35. The van der Waals surface area contributed by atoms with Crippen molar-refractivity contribution in [1.29, 1.82) is 0 Å². The minimum absolute atomic E-state index is 0.576. The van der Waals surface area contributed by atoms with E-state index < -0.39 is 0 Å². The molecule has 0 bridgehead atoms. The average molecular weight is 211 g/mol. The van der Waals surface area contributed by atoms with Gasteiger partial charge in [-0.3, -0.25) is 0 Å². The first-order valence-electron chi connectivity index (χ1n) is 6.87. The third kappa shape index (κ3) is 3.79. The second-order valence-corrected chi connectivity index (χ2v) is 5.60. The van der Waals surface area contributed by atoms with Crippen molar-refractivity contribution in [3.05, 3.63) is 0 Å². The summed E-state index contributed by atoms with van der Waals surface area (Å²) >= 11 is 0. The summed E-state index contributed by atoms with van der Waals surface area (Å²) in [4.78, 5) is 0. The fraction of sp³-hybridized carbons (Fsp3) is 1.00. The largest absolute Gasteiger partial charge is 0.316 e. The van der Waals surface area contributed by atoms with E-state index in [1.807, 2.05) is 0 Å². The van der Waals surface area contributed by atoms with E-state index in [4.69, 9.17) is 0 Å². The highest BCUT2D eigenvalue weighted by Crippen LogP contribution is 2.49. The molecule has 1 rings (SSSR count). The zero-order valence-corrected chi connectivity index (χ0v) is 11.1. The summed E-state index contributed by atoms with van der Waals surface area (Å²) in [7, 11) is 0. The maximum absolute atomic E-state index is 3.56. The Kier molecular flexibility index (Phi) is 5.11. The molecule has 15 heavy (non-hydrogen) atoms. The summed E-state index contributed by atoms with van der Waals surface area (Å²) < 4.78 is 0. The normalized spacial score (nSPS) is 20.6. The molecule has 1 atom stereocenters. The van der Waals surface area contributed by atoms with Gasteiger partial charge in [-0.1, -0.05) is 40.5 Å². The Morgan fingerprint density at radius 3 is 2.20 bits per heavy atom. The van der Waals surface area contributed by atoms with Crippen LogP contribution >= 0.6 is 0 Å². The van der Waals surface area contributed by atoms with Gasteiger partial charge in [-0.15, -0.1) is 0 Å². The summed E-state index contributed by atoms with van der Waals surface area (Å²) in [6.45, 7) is 11.7. The second-order valence-electron chi connectivity index (χ2n) is 5.60. The molecule has 0 aromatic rings. The van der Waals surface area contributed by atoms with Crippen LogP contribution in [-0.4, -0.2) is 13.1 Å². The highest BCUT2D eigenvalue weighted by Gasteiger charge is 2.41. The molecule has 0 aromatic heterocycles. The van der Waals surface area contributed by atoms with Crippen molar-refractivity contribution < 1.29 is 0 Å². The van der Waals surface area contributed by atoms with Gasteiger partial charge in [-0.25, -0.2) is 0 Å². The Balaban J connectivity index is 2.47. The first kappa shape index (κ1) is 13.0. The molecular weight excluding hydrogens is 182 g/mol. The Morgan fingerprint density at radius 1 is 1.20 bits per heavy atom. The zero-order chi connectivity index (χ0) is 11.3. The highest BCUT2D eigenvalue weighted by molar-refractivity contribution is 4.93. The van der Waals surface area contributed by atoms with Crippen molar-refractivity contribution in [1.82, 2.24) is 5.32 Å². The van der Waals surface area contributed by atoms with E-state index in [2.05, 4.69) is 33.0 Å². The second kappa shape index (κ2) is 5.89. The number of hydrogen-bond donors (Lipinski definition) is 1. The minimum atomic E-state index is 0.576. The Labute approximate surface area is 96.0 Å². The smallest absolute Gasteiger partial charge is 0.000780 e. The molecule has 0 heterocycles. The van der Waals surface area contributed by atoms with E-state index >= 15 is 0 Å². The first-order chi connectivity index (χ1) is 7.16. The quantitative estimate of drug-likeness (QED) is 0.643. The topological polar surface area (TPSA) is 12.0 Å². The van der Waals surface area contributed by atoms with Gasteiger partial charge in [-0.05, 0) is 43.1 Å². The summed E-state index contributed by atoms with van der Waals surface area (Å²) in [5, 5.41) is 3.56. The van der Waals surface area contributed by atoms with Crippen LogP contribution in [0.5, 0.6) is 0 Å². The van der Waals surface area contributed by atoms with E-state index in [0.29, 0.717) is 5.41 Å². The van der Waals surface area contributed by atoms with Crippen LogP contribution in [0.2, 0.25) is 0 Å². The van der Waals surface area contributed by atoms with Crippen LogP contribution < -0.4 is 5.32 Å². The third-order valence-electron chi connectivity index (χ3n) is 4.25. The molecule has 1 unspecified atom stereocenters. The summed E-state index contributed by atoms with van der Waals surface area (Å²) in [5.74, 6) is 1.95. The van der Waals surface area contributed by atoms with Crippen LogP contribution in [0.25, 0.3) is 0 Å². The molecule has 90 valence electrons. The van der Waals surface area contributed by atoms with Crippen LogP contribution in [0.1, 0.15) is 59.8 Å². The van der Waals surface area contributed by atoms with Crippen molar-refractivity contribution in [3.63, 3.8) is 0 Å². The molecule has 1 N–H and O–H groups in total. The molecule has 1 heteroatoms. The van der Waals surface area contributed by atoms with Crippen LogP contribution in [0, 0.1) is 17.3 Å². The van der Waals surface area contributed by atoms with Crippen molar-refractivity contribution in [3.8, 4) is 0 Å². The first-order valence-corrected chi connectivity index (χ1v) is 6.87. The van der Waals surface area contributed by atoms with Gasteiger partial charge in [0.2, 0.25) is 0 Å². The molecule has 1 aliphatic carbocycles. The molecule has 1 saturated carbocycles. The molecule has 1 aliphatic rings.